The van der Waals surface area contributed by atoms with E-state index in [1.807, 2.05) is 57.2 Å². The molecular formula is C18H19BrClN3O. The smallest absolute Gasteiger partial charge is 0.204 e. The van der Waals surface area contributed by atoms with Gasteiger partial charge in [-0.3, -0.25) is 15.6 Å². The molecule has 0 spiro atoms. The maximum atomic E-state index is 12.6. The average Bonchev–Trinajstić information content (AvgIpc) is 2.53. The Hall–Kier alpha value is -1.85. The van der Waals surface area contributed by atoms with E-state index in [2.05, 4.69) is 31.8 Å². The molecule has 0 aliphatic heterocycles. The minimum Gasteiger partial charge on any atom is -0.300 e. The van der Waals surface area contributed by atoms with Crippen LogP contribution in [0.1, 0.15) is 20.8 Å². The van der Waals surface area contributed by atoms with Crippen LogP contribution < -0.4 is 10.9 Å². The average molecular weight is 409 g/mol. The molecule has 0 radical (unpaired) electrons. The largest absolute Gasteiger partial charge is 0.300 e. The molecule has 0 atom stereocenters. The fraction of sp³-hybridized carbons (Fsp3) is 0.222. The van der Waals surface area contributed by atoms with Gasteiger partial charge < -0.3 is 0 Å². The van der Waals surface area contributed by atoms with Crippen molar-refractivity contribution in [2.45, 2.75) is 20.8 Å². The van der Waals surface area contributed by atoms with E-state index in [4.69, 9.17) is 11.6 Å². The van der Waals surface area contributed by atoms with Crippen LogP contribution in [0, 0.1) is 5.41 Å². The third kappa shape index (κ3) is 5.35. The van der Waals surface area contributed by atoms with Crippen LogP contribution >= 0.6 is 27.5 Å². The number of rotatable bonds is 4. The van der Waals surface area contributed by atoms with Crippen molar-refractivity contribution >= 4 is 50.5 Å². The normalized spacial score (nSPS) is 12.0. The first kappa shape index (κ1) is 18.5. The Morgan fingerprint density at radius 1 is 1.04 bits per heavy atom. The predicted octanol–water partition coefficient (Wildman–Crippen LogP) is 5.36. The molecule has 0 aliphatic rings. The minimum absolute atomic E-state index is 0.0908. The second kappa shape index (κ2) is 7.81. The van der Waals surface area contributed by atoms with E-state index in [1.165, 1.54) is 0 Å². The molecule has 4 nitrogen and oxygen atoms in total. The summed E-state index contributed by atoms with van der Waals surface area (Å²) in [4.78, 5) is 17.1. The summed E-state index contributed by atoms with van der Waals surface area (Å²) in [5.41, 5.74) is 6.83. The molecule has 0 bridgehead atoms. The predicted molar refractivity (Wildman–Crippen MR) is 104 cm³/mol. The molecule has 2 aromatic rings. The molecule has 24 heavy (non-hydrogen) atoms. The van der Waals surface area contributed by atoms with Crippen molar-refractivity contribution in [2.75, 3.05) is 5.43 Å². The molecule has 126 valence electrons. The zero-order valence-corrected chi connectivity index (χ0v) is 16.1. The Morgan fingerprint density at radius 2 is 1.62 bits per heavy atom. The number of amidine groups is 1. The van der Waals surface area contributed by atoms with Crippen LogP contribution in [0.25, 0.3) is 0 Å². The first-order valence-corrected chi connectivity index (χ1v) is 8.59. The van der Waals surface area contributed by atoms with Crippen molar-refractivity contribution in [3.8, 4) is 0 Å². The lowest BCUT2D eigenvalue weighted by molar-refractivity contribution is -0.119. The summed E-state index contributed by atoms with van der Waals surface area (Å²) in [6.45, 7) is 5.57. The topological polar surface area (TPSA) is 53.5 Å². The number of ketones is 1. The van der Waals surface area contributed by atoms with Gasteiger partial charge in [0.15, 0.2) is 5.84 Å². The zero-order valence-electron chi connectivity index (χ0n) is 13.7. The lowest BCUT2D eigenvalue weighted by Gasteiger charge is -2.19. The van der Waals surface area contributed by atoms with Crippen LogP contribution in [0.2, 0.25) is 5.02 Å². The van der Waals surface area contributed by atoms with Crippen molar-refractivity contribution in [3.05, 3.63) is 58.0 Å². The Kier molecular flexibility index (Phi) is 6.02. The number of anilines is 1. The summed E-state index contributed by atoms with van der Waals surface area (Å²) in [6.07, 6.45) is 0. The molecule has 0 saturated carbocycles. The highest BCUT2D eigenvalue weighted by molar-refractivity contribution is 9.10. The van der Waals surface area contributed by atoms with Gasteiger partial charge in [0.05, 0.1) is 11.4 Å². The number of hydrogen-bond donors (Lipinski definition) is 2. The minimum atomic E-state index is -0.553. The van der Waals surface area contributed by atoms with Crippen LogP contribution in [0.15, 0.2) is 58.0 Å². The lowest BCUT2D eigenvalue weighted by Crippen LogP contribution is -2.41. The fourth-order valence-corrected chi connectivity index (χ4v) is 2.19. The Balaban J connectivity index is 2.24. The first-order valence-electron chi connectivity index (χ1n) is 7.42. The molecule has 0 unspecified atom stereocenters. The maximum absolute atomic E-state index is 12.6. The van der Waals surface area contributed by atoms with E-state index in [9.17, 15) is 4.79 Å². The zero-order chi connectivity index (χ0) is 17.7. The van der Waals surface area contributed by atoms with E-state index in [1.54, 1.807) is 12.1 Å². The second-order valence-electron chi connectivity index (χ2n) is 6.27. The van der Waals surface area contributed by atoms with Crippen molar-refractivity contribution < 1.29 is 4.79 Å². The summed E-state index contributed by atoms with van der Waals surface area (Å²) < 4.78 is 0.956. The quantitative estimate of drug-likeness (QED) is 0.406. The molecule has 2 rings (SSSR count). The number of hydrogen-bond acceptors (Lipinski definition) is 3. The number of nitrogens with zero attached hydrogens (tertiary/aromatic N) is 1. The highest BCUT2D eigenvalue weighted by Crippen LogP contribution is 2.20. The standard InChI is InChI=1S/C18H19BrClN3O/c1-18(2,3)16(24)17(21-14-8-4-12(19)5-9-14)23-22-15-10-6-13(20)7-11-15/h4-11,22H,1-3H3,(H,21,23). The summed E-state index contributed by atoms with van der Waals surface area (Å²) in [6, 6.07) is 14.6. The van der Waals surface area contributed by atoms with Gasteiger partial charge in [-0.05, 0) is 48.5 Å². The number of hydrazine groups is 1. The van der Waals surface area contributed by atoms with Crippen molar-refractivity contribution in [1.29, 1.82) is 0 Å². The molecule has 2 N–H and O–H groups in total. The lowest BCUT2D eigenvalue weighted by atomic mass is 9.90. The number of carbonyl (C=O) groups is 1. The summed E-state index contributed by atoms with van der Waals surface area (Å²) >= 11 is 9.26. The van der Waals surface area contributed by atoms with Gasteiger partial charge in [0, 0.05) is 14.9 Å². The van der Waals surface area contributed by atoms with Gasteiger partial charge in [-0.15, -0.1) is 0 Å². The Morgan fingerprint density at radius 3 is 2.17 bits per heavy atom. The van der Waals surface area contributed by atoms with Gasteiger partial charge >= 0.3 is 0 Å². The Labute approximate surface area is 155 Å². The molecule has 6 heteroatoms. The molecule has 0 saturated heterocycles. The second-order valence-corrected chi connectivity index (χ2v) is 7.62. The van der Waals surface area contributed by atoms with Gasteiger partial charge in [0.1, 0.15) is 0 Å². The van der Waals surface area contributed by atoms with Crippen molar-refractivity contribution in [2.24, 2.45) is 10.4 Å². The van der Waals surface area contributed by atoms with Gasteiger partial charge in [0.2, 0.25) is 5.78 Å². The van der Waals surface area contributed by atoms with Gasteiger partial charge in [0.25, 0.3) is 0 Å². The van der Waals surface area contributed by atoms with Crippen molar-refractivity contribution in [1.82, 2.24) is 5.43 Å². The monoisotopic (exact) mass is 407 g/mol. The number of benzene rings is 2. The highest BCUT2D eigenvalue weighted by Gasteiger charge is 2.26. The van der Waals surface area contributed by atoms with Crippen LogP contribution in [0.5, 0.6) is 0 Å². The molecule has 0 aromatic heterocycles. The van der Waals surface area contributed by atoms with E-state index in [-0.39, 0.29) is 11.6 Å². The van der Waals surface area contributed by atoms with Gasteiger partial charge in [-0.1, -0.05) is 48.3 Å². The number of nitrogens with one attached hydrogen (secondary N) is 2. The number of aliphatic imine (C=N–C) groups is 1. The molecule has 2 aromatic carbocycles. The van der Waals surface area contributed by atoms with E-state index < -0.39 is 5.41 Å². The number of halogens is 2. The SMILES string of the molecule is CC(C)(C)C(=O)C(=Nc1ccc(Br)cc1)NNc1ccc(Cl)cc1. The summed E-state index contributed by atoms with van der Waals surface area (Å²) in [5, 5.41) is 0.648. The van der Waals surface area contributed by atoms with Gasteiger partial charge in [-0.25, -0.2) is 4.99 Å². The van der Waals surface area contributed by atoms with Crippen LogP contribution in [-0.2, 0) is 4.79 Å². The molecule has 0 fully saturated rings. The van der Waals surface area contributed by atoms with Crippen LogP contribution in [-0.4, -0.2) is 11.6 Å². The van der Waals surface area contributed by atoms with Crippen LogP contribution in [0.4, 0.5) is 11.4 Å². The maximum Gasteiger partial charge on any atom is 0.204 e. The third-order valence-corrected chi connectivity index (χ3v) is 3.91. The summed E-state index contributed by atoms with van der Waals surface area (Å²) in [7, 11) is 0. The fourth-order valence-electron chi connectivity index (χ4n) is 1.80. The molecule has 0 aliphatic carbocycles. The summed E-state index contributed by atoms with van der Waals surface area (Å²) in [5.74, 6) is 0.159. The third-order valence-electron chi connectivity index (χ3n) is 3.13. The molecule has 0 amide bonds. The van der Waals surface area contributed by atoms with E-state index in [0.717, 1.165) is 10.2 Å². The van der Waals surface area contributed by atoms with Gasteiger partial charge in [-0.2, -0.15) is 0 Å². The Bertz CT molecular complexity index is 734. The van der Waals surface area contributed by atoms with Crippen LogP contribution in [0.3, 0.4) is 0 Å². The van der Waals surface area contributed by atoms with E-state index >= 15 is 0 Å². The van der Waals surface area contributed by atoms with E-state index in [0.29, 0.717) is 10.7 Å². The number of Topliss-reactive ketones (excluding diaryl/α,β-unsaturated/α-hetero) is 1. The molecular weight excluding hydrogens is 390 g/mol. The highest BCUT2D eigenvalue weighted by atomic mass is 79.9. The molecule has 0 heterocycles. The number of carbonyl (C=O) groups excluding carboxylic acids is 1. The first-order chi connectivity index (χ1) is 11.3. The van der Waals surface area contributed by atoms with Crippen molar-refractivity contribution in [3.63, 3.8) is 0 Å².